The van der Waals surface area contributed by atoms with Crippen LogP contribution in [0.2, 0.25) is 0 Å². The van der Waals surface area contributed by atoms with Gasteiger partial charge in [-0.25, -0.2) is 4.98 Å². The van der Waals surface area contributed by atoms with Gasteiger partial charge in [0.25, 0.3) is 0 Å². The van der Waals surface area contributed by atoms with Crippen LogP contribution in [-0.2, 0) is 10.2 Å². The normalized spacial score (nSPS) is 14.8. The number of anilines is 2. The number of carbonyl (C=O) groups is 1. The molecule has 7 nitrogen and oxygen atoms in total. The first kappa shape index (κ1) is 21.4. The zero-order valence-electron chi connectivity index (χ0n) is 20.6. The molecule has 1 amide bonds. The van der Waals surface area contributed by atoms with E-state index >= 15 is 0 Å². The standard InChI is InChI=1S/C28H28N6O/c1-6-34-24-15-23-22(14-20(24)28(2,3)27(34)35)29-26(30-23)25-19-12-9-17(13-21(19)31-32-25)16-7-10-18(11-8-16)33(4)5/h7-15H,6H2,1-5H3,(H,29,30)(H,31,32). The lowest BCUT2D eigenvalue weighted by atomic mass is 9.86. The number of aromatic nitrogens is 4. The van der Waals surface area contributed by atoms with Crippen LogP contribution in [0.1, 0.15) is 26.3 Å². The summed E-state index contributed by atoms with van der Waals surface area (Å²) in [7, 11) is 4.08. The molecule has 0 atom stereocenters. The predicted octanol–water partition coefficient (Wildman–Crippen LogP) is 5.48. The lowest BCUT2D eigenvalue weighted by Crippen LogP contribution is -2.35. The summed E-state index contributed by atoms with van der Waals surface area (Å²) in [6.07, 6.45) is 0. The lowest BCUT2D eigenvalue weighted by Gasteiger charge is -2.18. The first-order valence-corrected chi connectivity index (χ1v) is 11.9. The van der Waals surface area contributed by atoms with E-state index in [1.54, 1.807) is 0 Å². The number of fused-ring (bicyclic) bond motifs is 3. The van der Waals surface area contributed by atoms with Gasteiger partial charge in [-0.05, 0) is 73.9 Å². The van der Waals surface area contributed by atoms with Crippen molar-refractivity contribution in [1.29, 1.82) is 0 Å². The Balaban J connectivity index is 1.40. The van der Waals surface area contributed by atoms with Crippen molar-refractivity contribution in [3.8, 4) is 22.6 Å². The molecular weight excluding hydrogens is 436 g/mol. The summed E-state index contributed by atoms with van der Waals surface area (Å²) >= 11 is 0. The van der Waals surface area contributed by atoms with Crippen molar-refractivity contribution >= 4 is 39.2 Å². The minimum absolute atomic E-state index is 0.133. The molecule has 176 valence electrons. The Labute approximate surface area is 203 Å². The molecule has 0 saturated heterocycles. The molecule has 0 fully saturated rings. The van der Waals surface area contributed by atoms with Crippen molar-refractivity contribution in [2.24, 2.45) is 0 Å². The maximum atomic E-state index is 12.9. The number of rotatable bonds is 4. The average molecular weight is 465 g/mol. The van der Waals surface area contributed by atoms with Crippen LogP contribution in [0.3, 0.4) is 0 Å². The van der Waals surface area contributed by atoms with Gasteiger partial charge in [0, 0.05) is 31.7 Å². The monoisotopic (exact) mass is 464 g/mol. The lowest BCUT2D eigenvalue weighted by molar-refractivity contribution is -0.122. The Morgan fingerprint density at radius 1 is 0.971 bits per heavy atom. The summed E-state index contributed by atoms with van der Waals surface area (Å²) in [6, 6.07) is 18.9. The number of carbonyl (C=O) groups excluding carboxylic acids is 1. The topological polar surface area (TPSA) is 80.9 Å². The Morgan fingerprint density at radius 2 is 1.71 bits per heavy atom. The van der Waals surface area contributed by atoms with E-state index in [2.05, 4.69) is 62.5 Å². The van der Waals surface area contributed by atoms with Crippen LogP contribution in [0.25, 0.3) is 44.6 Å². The quantitative estimate of drug-likeness (QED) is 0.369. The number of H-pyrrole nitrogens is 2. The maximum absolute atomic E-state index is 12.9. The van der Waals surface area contributed by atoms with Crippen molar-refractivity contribution in [3.05, 3.63) is 60.2 Å². The number of likely N-dealkylation sites (N-methyl/N-ethyl adjacent to an activating group) is 1. The summed E-state index contributed by atoms with van der Waals surface area (Å²) in [5, 5.41) is 8.78. The van der Waals surface area contributed by atoms with Crippen molar-refractivity contribution in [2.75, 3.05) is 30.4 Å². The number of imidazole rings is 1. The third-order valence-electron chi connectivity index (χ3n) is 7.16. The van der Waals surface area contributed by atoms with E-state index in [0.29, 0.717) is 12.4 Å². The molecule has 35 heavy (non-hydrogen) atoms. The summed E-state index contributed by atoms with van der Waals surface area (Å²) in [5.41, 5.74) is 8.37. The van der Waals surface area contributed by atoms with Gasteiger partial charge in [0.1, 0.15) is 5.69 Å². The molecule has 1 aliphatic heterocycles. The number of hydrogen-bond donors (Lipinski definition) is 2. The average Bonchev–Trinajstić information content (AvgIpc) is 3.51. The van der Waals surface area contributed by atoms with Gasteiger partial charge < -0.3 is 14.8 Å². The second-order valence-corrected chi connectivity index (χ2v) is 9.92. The molecular formula is C28H28N6O. The number of nitrogens with one attached hydrogen (secondary N) is 2. The fourth-order valence-corrected chi connectivity index (χ4v) is 5.09. The molecule has 3 heterocycles. The van der Waals surface area contributed by atoms with Gasteiger partial charge >= 0.3 is 0 Å². The van der Waals surface area contributed by atoms with Crippen LogP contribution in [0.5, 0.6) is 0 Å². The summed E-state index contributed by atoms with van der Waals surface area (Å²) in [6.45, 7) is 6.62. The third kappa shape index (κ3) is 3.15. The van der Waals surface area contributed by atoms with Crippen LogP contribution >= 0.6 is 0 Å². The molecule has 0 spiro atoms. The summed E-state index contributed by atoms with van der Waals surface area (Å²) in [5.74, 6) is 0.846. The van der Waals surface area contributed by atoms with E-state index in [1.807, 2.05) is 51.9 Å². The largest absolute Gasteiger partial charge is 0.378 e. The fraction of sp³-hybridized carbons (Fsp3) is 0.250. The molecule has 6 rings (SSSR count). The number of amides is 1. The molecule has 3 aromatic carbocycles. The highest BCUT2D eigenvalue weighted by molar-refractivity contribution is 6.09. The molecule has 0 saturated carbocycles. The van der Waals surface area contributed by atoms with Crippen LogP contribution in [0.15, 0.2) is 54.6 Å². The van der Waals surface area contributed by atoms with Gasteiger partial charge in [-0.3, -0.25) is 9.89 Å². The van der Waals surface area contributed by atoms with Gasteiger partial charge in [-0.2, -0.15) is 5.10 Å². The Bertz CT molecular complexity index is 1610. The van der Waals surface area contributed by atoms with E-state index in [4.69, 9.17) is 4.98 Å². The van der Waals surface area contributed by atoms with Crippen molar-refractivity contribution < 1.29 is 4.79 Å². The first-order valence-electron chi connectivity index (χ1n) is 11.9. The highest BCUT2D eigenvalue weighted by atomic mass is 16.2. The van der Waals surface area contributed by atoms with Gasteiger partial charge in [0.15, 0.2) is 5.82 Å². The van der Waals surface area contributed by atoms with Crippen LogP contribution in [0.4, 0.5) is 11.4 Å². The SMILES string of the molecule is CCN1C(=O)C(C)(C)c2cc3nc(-c4n[nH]c5cc(-c6ccc(N(C)C)cc6)ccc45)[nH]c3cc21. The summed E-state index contributed by atoms with van der Waals surface area (Å²) in [4.78, 5) is 25.1. The van der Waals surface area contributed by atoms with Gasteiger partial charge in [0.2, 0.25) is 5.91 Å². The number of hydrogen-bond acceptors (Lipinski definition) is 4. The third-order valence-corrected chi connectivity index (χ3v) is 7.16. The van der Waals surface area contributed by atoms with E-state index in [1.165, 1.54) is 5.69 Å². The molecule has 2 aromatic heterocycles. The Morgan fingerprint density at radius 3 is 2.43 bits per heavy atom. The molecule has 0 radical (unpaired) electrons. The summed E-state index contributed by atoms with van der Waals surface area (Å²) < 4.78 is 0. The fourth-order valence-electron chi connectivity index (χ4n) is 5.09. The molecule has 0 bridgehead atoms. The van der Waals surface area contributed by atoms with Crippen LogP contribution in [-0.4, -0.2) is 46.7 Å². The minimum atomic E-state index is -0.557. The number of aromatic amines is 2. The van der Waals surface area contributed by atoms with E-state index in [0.717, 1.165) is 50.0 Å². The second kappa shape index (κ2) is 7.43. The highest BCUT2D eigenvalue weighted by Crippen LogP contribution is 2.43. The molecule has 1 aliphatic rings. The predicted molar refractivity (Wildman–Crippen MR) is 142 cm³/mol. The van der Waals surface area contributed by atoms with Crippen molar-refractivity contribution in [1.82, 2.24) is 20.2 Å². The molecule has 5 aromatic rings. The Hall–Kier alpha value is -4.13. The second-order valence-electron chi connectivity index (χ2n) is 9.92. The minimum Gasteiger partial charge on any atom is -0.378 e. The number of benzene rings is 3. The highest BCUT2D eigenvalue weighted by Gasteiger charge is 2.43. The number of nitrogens with zero attached hydrogens (tertiary/aromatic N) is 4. The molecule has 0 unspecified atom stereocenters. The van der Waals surface area contributed by atoms with Crippen molar-refractivity contribution in [3.63, 3.8) is 0 Å². The van der Waals surface area contributed by atoms with E-state index < -0.39 is 5.41 Å². The molecule has 2 N–H and O–H groups in total. The first-order chi connectivity index (χ1) is 16.8. The Kier molecular flexibility index (Phi) is 4.55. The van der Waals surface area contributed by atoms with Crippen LogP contribution in [0, 0.1) is 0 Å². The zero-order chi connectivity index (χ0) is 24.5. The van der Waals surface area contributed by atoms with Gasteiger partial charge in [-0.15, -0.1) is 0 Å². The van der Waals surface area contributed by atoms with E-state index in [9.17, 15) is 4.79 Å². The van der Waals surface area contributed by atoms with E-state index in [-0.39, 0.29) is 5.91 Å². The van der Waals surface area contributed by atoms with Crippen molar-refractivity contribution in [2.45, 2.75) is 26.2 Å². The maximum Gasteiger partial charge on any atom is 0.237 e. The van der Waals surface area contributed by atoms with Gasteiger partial charge in [-0.1, -0.05) is 18.2 Å². The van der Waals surface area contributed by atoms with Gasteiger partial charge in [0.05, 0.1) is 27.7 Å². The zero-order valence-corrected chi connectivity index (χ0v) is 20.6. The molecule has 7 heteroatoms. The smallest absolute Gasteiger partial charge is 0.237 e. The molecule has 0 aliphatic carbocycles. The van der Waals surface area contributed by atoms with Crippen LogP contribution < -0.4 is 9.80 Å².